The van der Waals surface area contributed by atoms with Crippen molar-refractivity contribution < 1.29 is 9.63 Å². The maximum Gasteiger partial charge on any atom is 0.267 e. The molecule has 0 aliphatic rings. The molecule has 0 aliphatic heterocycles. The molecule has 0 radical (unpaired) electrons. The Bertz CT molecular complexity index is 709. The zero-order chi connectivity index (χ0) is 17.5. The van der Waals surface area contributed by atoms with E-state index in [2.05, 4.69) is 24.4 Å². The Labute approximate surface area is 147 Å². The summed E-state index contributed by atoms with van der Waals surface area (Å²) in [6.45, 7) is 7.11. The number of carbonyl (C=O) groups is 1. The lowest BCUT2D eigenvalue weighted by atomic mass is 10.2. The van der Waals surface area contributed by atoms with E-state index in [1.54, 1.807) is 10.8 Å². The molecule has 2 aromatic rings. The first-order valence-electron chi connectivity index (χ1n) is 7.84. The molecule has 1 N–H and O–H groups in total. The zero-order valence-electron chi connectivity index (χ0n) is 14.1. The highest BCUT2D eigenvalue weighted by atomic mass is 35.5. The van der Waals surface area contributed by atoms with Crippen LogP contribution in [-0.4, -0.2) is 15.7 Å². The number of hydrogen-bond donors (Lipinski definition) is 1. The van der Waals surface area contributed by atoms with Gasteiger partial charge in [0.2, 0.25) is 0 Å². The lowest BCUT2D eigenvalue weighted by Crippen LogP contribution is -2.21. The van der Waals surface area contributed by atoms with Crippen molar-refractivity contribution in [1.82, 2.24) is 15.3 Å². The SMILES string of the molecule is Cc1nn(CC(C)C)c(Cl)c1C=CC(=O)NOCc1ccccc1. The van der Waals surface area contributed by atoms with Crippen LogP contribution in [0.4, 0.5) is 0 Å². The Hall–Kier alpha value is -2.11. The fourth-order valence-electron chi connectivity index (χ4n) is 2.18. The van der Waals surface area contributed by atoms with Crippen LogP contribution < -0.4 is 5.48 Å². The lowest BCUT2D eigenvalue weighted by molar-refractivity contribution is -0.129. The molecule has 1 amide bonds. The van der Waals surface area contributed by atoms with Gasteiger partial charge in [-0.05, 0) is 24.5 Å². The van der Waals surface area contributed by atoms with Gasteiger partial charge in [-0.3, -0.25) is 14.3 Å². The van der Waals surface area contributed by atoms with Crippen molar-refractivity contribution in [2.45, 2.75) is 33.9 Å². The summed E-state index contributed by atoms with van der Waals surface area (Å²) < 4.78 is 1.75. The maximum atomic E-state index is 11.8. The quantitative estimate of drug-likeness (QED) is 0.612. The van der Waals surface area contributed by atoms with Gasteiger partial charge in [0, 0.05) is 18.2 Å². The first-order valence-corrected chi connectivity index (χ1v) is 8.22. The molecule has 6 heteroatoms. The predicted molar refractivity (Wildman–Crippen MR) is 95.2 cm³/mol. The number of aryl methyl sites for hydroxylation is 1. The van der Waals surface area contributed by atoms with E-state index >= 15 is 0 Å². The van der Waals surface area contributed by atoms with Gasteiger partial charge < -0.3 is 0 Å². The smallest absolute Gasteiger partial charge is 0.267 e. The summed E-state index contributed by atoms with van der Waals surface area (Å²) in [5.41, 5.74) is 4.90. The van der Waals surface area contributed by atoms with Crippen LogP contribution >= 0.6 is 11.6 Å². The molecule has 24 heavy (non-hydrogen) atoms. The lowest BCUT2D eigenvalue weighted by Gasteiger charge is -2.05. The van der Waals surface area contributed by atoms with Gasteiger partial charge in [0.1, 0.15) is 5.15 Å². The first-order chi connectivity index (χ1) is 11.5. The van der Waals surface area contributed by atoms with Crippen LogP contribution in [0.25, 0.3) is 6.08 Å². The van der Waals surface area contributed by atoms with E-state index in [1.807, 2.05) is 37.3 Å². The highest BCUT2D eigenvalue weighted by molar-refractivity contribution is 6.31. The first kappa shape index (κ1) is 18.2. The van der Waals surface area contributed by atoms with E-state index in [9.17, 15) is 4.79 Å². The summed E-state index contributed by atoms with van der Waals surface area (Å²) >= 11 is 6.33. The third-order valence-electron chi connectivity index (χ3n) is 3.30. The van der Waals surface area contributed by atoms with Crippen molar-refractivity contribution in [2.24, 2.45) is 5.92 Å². The number of carbonyl (C=O) groups excluding carboxylic acids is 1. The fourth-order valence-corrected chi connectivity index (χ4v) is 2.49. The molecular weight excluding hydrogens is 326 g/mol. The van der Waals surface area contributed by atoms with Crippen LogP contribution in [0.15, 0.2) is 36.4 Å². The van der Waals surface area contributed by atoms with Crippen molar-refractivity contribution in [3.05, 3.63) is 58.4 Å². The monoisotopic (exact) mass is 347 g/mol. The van der Waals surface area contributed by atoms with E-state index in [0.29, 0.717) is 17.7 Å². The number of nitrogens with one attached hydrogen (secondary N) is 1. The van der Waals surface area contributed by atoms with Crippen LogP contribution in [-0.2, 0) is 22.8 Å². The highest BCUT2D eigenvalue weighted by Crippen LogP contribution is 2.22. The van der Waals surface area contributed by atoms with Gasteiger partial charge in [-0.1, -0.05) is 55.8 Å². The van der Waals surface area contributed by atoms with Crippen molar-refractivity contribution in [3.63, 3.8) is 0 Å². The summed E-state index contributed by atoms with van der Waals surface area (Å²) in [6.07, 6.45) is 3.04. The fraction of sp³-hybridized carbons (Fsp3) is 0.333. The topological polar surface area (TPSA) is 56.2 Å². The largest absolute Gasteiger partial charge is 0.269 e. The Morgan fingerprint density at radius 3 is 2.75 bits per heavy atom. The van der Waals surface area contributed by atoms with E-state index in [1.165, 1.54) is 6.08 Å². The van der Waals surface area contributed by atoms with Crippen LogP contribution in [0, 0.1) is 12.8 Å². The zero-order valence-corrected chi connectivity index (χ0v) is 14.9. The van der Waals surface area contributed by atoms with Crippen molar-refractivity contribution >= 4 is 23.6 Å². The van der Waals surface area contributed by atoms with Crippen molar-refractivity contribution in [1.29, 1.82) is 0 Å². The molecule has 0 unspecified atom stereocenters. The number of hydroxylamine groups is 1. The van der Waals surface area contributed by atoms with Gasteiger partial charge in [-0.25, -0.2) is 5.48 Å². The summed E-state index contributed by atoms with van der Waals surface area (Å²) in [4.78, 5) is 17.0. The second-order valence-electron chi connectivity index (χ2n) is 5.94. The minimum absolute atomic E-state index is 0.312. The molecule has 1 heterocycles. The van der Waals surface area contributed by atoms with Gasteiger partial charge in [0.05, 0.1) is 12.3 Å². The van der Waals surface area contributed by atoms with Crippen LogP contribution in [0.1, 0.15) is 30.7 Å². The molecule has 0 saturated heterocycles. The summed E-state index contributed by atoms with van der Waals surface area (Å²) in [5.74, 6) is 0.0892. The molecule has 128 valence electrons. The number of benzene rings is 1. The van der Waals surface area contributed by atoms with Gasteiger partial charge in [-0.15, -0.1) is 0 Å². The average Bonchev–Trinajstić information content (AvgIpc) is 2.80. The maximum absolute atomic E-state index is 11.8. The summed E-state index contributed by atoms with van der Waals surface area (Å²) in [5, 5.41) is 4.94. The molecule has 2 rings (SSSR count). The van der Waals surface area contributed by atoms with Gasteiger partial charge in [-0.2, -0.15) is 5.10 Å². The third-order valence-corrected chi connectivity index (χ3v) is 3.70. The Balaban J connectivity index is 1.90. The molecular formula is C18H22ClN3O2. The van der Waals surface area contributed by atoms with E-state index in [4.69, 9.17) is 16.4 Å². The van der Waals surface area contributed by atoms with Crippen molar-refractivity contribution in [3.8, 4) is 0 Å². The molecule has 0 saturated carbocycles. The number of aromatic nitrogens is 2. The average molecular weight is 348 g/mol. The Kier molecular flexibility index (Phi) is 6.58. The van der Waals surface area contributed by atoms with Crippen molar-refractivity contribution in [2.75, 3.05) is 0 Å². The minimum atomic E-state index is -0.349. The Morgan fingerprint density at radius 2 is 2.08 bits per heavy atom. The van der Waals surface area contributed by atoms with Gasteiger partial charge in [0.15, 0.2) is 0 Å². The third kappa shape index (κ3) is 5.22. The second-order valence-corrected chi connectivity index (χ2v) is 6.30. The van der Waals surface area contributed by atoms with Gasteiger partial charge in [0.25, 0.3) is 5.91 Å². The molecule has 0 atom stereocenters. The van der Waals surface area contributed by atoms with Crippen LogP contribution in [0.2, 0.25) is 5.15 Å². The van der Waals surface area contributed by atoms with Crippen LogP contribution in [0.5, 0.6) is 0 Å². The summed E-state index contributed by atoms with van der Waals surface area (Å²) in [7, 11) is 0. The molecule has 0 fully saturated rings. The molecule has 5 nitrogen and oxygen atoms in total. The number of amides is 1. The second kappa shape index (κ2) is 8.66. The molecule has 0 bridgehead atoms. The molecule has 0 aliphatic carbocycles. The standard InChI is InChI=1S/C18H22ClN3O2/c1-13(2)11-22-18(19)16(14(3)20-22)9-10-17(23)21-24-12-15-7-5-4-6-8-15/h4-10,13H,11-12H2,1-3H3,(H,21,23). The number of rotatable bonds is 7. The highest BCUT2D eigenvalue weighted by Gasteiger charge is 2.12. The molecule has 1 aromatic heterocycles. The molecule has 0 spiro atoms. The summed E-state index contributed by atoms with van der Waals surface area (Å²) in [6, 6.07) is 9.61. The number of nitrogens with zero attached hydrogens (tertiary/aromatic N) is 2. The van der Waals surface area contributed by atoms with E-state index < -0.39 is 0 Å². The predicted octanol–water partition coefficient (Wildman–Crippen LogP) is 3.76. The number of halogens is 1. The van der Waals surface area contributed by atoms with Gasteiger partial charge >= 0.3 is 0 Å². The number of hydrogen-bond acceptors (Lipinski definition) is 3. The normalized spacial score (nSPS) is 11.4. The van der Waals surface area contributed by atoms with Crippen LogP contribution in [0.3, 0.4) is 0 Å². The van der Waals surface area contributed by atoms with E-state index in [0.717, 1.165) is 23.4 Å². The molecule has 1 aromatic carbocycles. The minimum Gasteiger partial charge on any atom is -0.269 e. The van der Waals surface area contributed by atoms with E-state index in [-0.39, 0.29) is 5.91 Å². The Morgan fingerprint density at radius 1 is 1.38 bits per heavy atom.